The molecule has 2 amide bonds. The molecule has 4 rings (SSSR count). The van der Waals surface area contributed by atoms with Crippen LogP contribution in [0.1, 0.15) is 63.9 Å². The number of amides is 2. The molecular weight excluding hydrogens is 530 g/mol. The summed E-state index contributed by atoms with van der Waals surface area (Å²) in [6, 6.07) is 13.7. The quantitative estimate of drug-likeness (QED) is 0.198. The minimum absolute atomic E-state index is 0.264. The van der Waals surface area contributed by atoms with E-state index >= 15 is 0 Å². The number of benzene rings is 2. The number of ether oxygens (including phenoxy) is 3. The van der Waals surface area contributed by atoms with Crippen molar-refractivity contribution in [3.05, 3.63) is 75.7 Å². The summed E-state index contributed by atoms with van der Waals surface area (Å²) in [5.41, 5.74) is 5.07. The van der Waals surface area contributed by atoms with Gasteiger partial charge in [0.1, 0.15) is 16.5 Å². The van der Waals surface area contributed by atoms with Crippen LogP contribution in [0.3, 0.4) is 0 Å². The number of fused-ring (bicyclic) bond motifs is 1. The van der Waals surface area contributed by atoms with E-state index in [2.05, 4.69) is 22.8 Å². The summed E-state index contributed by atoms with van der Waals surface area (Å²) in [6.45, 7) is 5.82. The molecule has 40 heavy (non-hydrogen) atoms. The average molecular weight is 564 g/mol. The van der Waals surface area contributed by atoms with Crippen molar-refractivity contribution in [2.45, 2.75) is 46.1 Å². The Kier molecular flexibility index (Phi) is 9.55. The molecule has 0 saturated carbocycles. The van der Waals surface area contributed by atoms with Crippen LogP contribution in [-0.4, -0.2) is 43.8 Å². The number of hydrazone groups is 1. The van der Waals surface area contributed by atoms with Gasteiger partial charge in [-0.05, 0) is 86.6 Å². The Morgan fingerprint density at radius 2 is 1.93 bits per heavy atom. The number of rotatable bonds is 10. The van der Waals surface area contributed by atoms with Crippen LogP contribution < -0.4 is 20.2 Å². The largest absolute Gasteiger partial charge is 0.497 e. The number of carbonyl (C=O) groups is 3. The van der Waals surface area contributed by atoms with E-state index in [9.17, 15) is 14.4 Å². The molecule has 0 radical (unpaired) electrons. The number of methoxy groups -OCH3 is 1. The summed E-state index contributed by atoms with van der Waals surface area (Å²) in [6.07, 6.45) is 3.36. The number of hydrogen-bond donors (Lipinski definition) is 2. The van der Waals surface area contributed by atoms with E-state index in [1.54, 1.807) is 51.3 Å². The van der Waals surface area contributed by atoms with Crippen LogP contribution in [0, 0.1) is 5.92 Å². The molecule has 2 aromatic carbocycles. The van der Waals surface area contributed by atoms with Crippen LogP contribution in [0.25, 0.3) is 0 Å². The fourth-order valence-corrected chi connectivity index (χ4v) is 5.75. The second kappa shape index (κ2) is 13.3. The molecule has 210 valence electrons. The molecule has 1 aliphatic carbocycles. The predicted molar refractivity (Wildman–Crippen MR) is 155 cm³/mol. The van der Waals surface area contributed by atoms with Crippen LogP contribution in [0.2, 0.25) is 0 Å². The fourth-order valence-electron chi connectivity index (χ4n) is 4.36. The van der Waals surface area contributed by atoms with Crippen molar-refractivity contribution in [3.8, 4) is 11.5 Å². The van der Waals surface area contributed by atoms with Gasteiger partial charge < -0.3 is 19.5 Å². The van der Waals surface area contributed by atoms with Gasteiger partial charge in [-0.2, -0.15) is 5.10 Å². The molecule has 0 spiro atoms. The van der Waals surface area contributed by atoms with Gasteiger partial charge in [0.15, 0.2) is 6.10 Å². The van der Waals surface area contributed by atoms with Gasteiger partial charge in [0.2, 0.25) is 0 Å². The second-order valence-electron chi connectivity index (χ2n) is 9.53. The van der Waals surface area contributed by atoms with Crippen LogP contribution >= 0.6 is 11.3 Å². The van der Waals surface area contributed by atoms with E-state index < -0.39 is 18.0 Å². The third kappa shape index (κ3) is 7.06. The van der Waals surface area contributed by atoms with Crippen molar-refractivity contribution in [1.29, 1.82) is 0 Å². The molecule has 3 aromatic rings. The lowest BCUT2D eigenvalue weighted by Gasteiger charge is -2.18. The molecular formula is C30H33N3O6S. The Labute approximate surface area is 237 Å². The minimum Gasteiger partial charge on any atom is -0.497 e. The van der Waals surface area contributed by atoms with Crippen molar-refractivity contribution in [2.24, 2.45) is 11.0 Å². The number of nitrogens with one attached hydrogen (secondary N) is 2. The van der Waals surface area contributed by atoms with Crippen LogP contribution in [0.5, 0.6) is 11.5 Å². The number of esters is 1. The number of carbonyl (C=O) groups excluding carboxylic acids is 3. The van der Waals surface area contributed by atoms with Crippen molar-refractivity contribution < 1.29 is 28.6 Å². The van der Waals surface area contributed by atoms with E-state index in [0.29, 0.717) is 33.5 Å². The standard InChI is InChI=1S/C30H33N3O6S/c1-5-38-30(36)26-24-14-9-18(2)15-25(24)40-29(26)32-28(35)21-10-12-22(13-11-21)39-19(3)27(34)33-31-17-20-7-6-8-23(16-20)37-4/h6-8,10-13,16-19H,5,9,14-15H2,1-4H3,(H,32,35)(H,33,34)/b31-17-/t18-,19-/m0/s1. The van der Waals surface area contributed by atoms with Gasteiger partial charge in [0.05, 0.1) is 25.5 Å². The van der Waals surface area contributed by atoms with E-state index in [1.165, 1.54) is 17.6 Å². The molecule has 10 heteroatoms. The average Bonchev–Trinajstić information content (AvgIpc) is 3.30. The molecule has 0 aliphatic heterocycles. The monoisotopic (exact) mass is 563 g/mol. The third-order valence-corrected chi connectivity index (χ3v) is 7.67. The summed E-state index contributed by atoms with van der Waals surface area (Å²) in [7, 11) is 1.58. The molecule has 0 fully saturated rings. The normalized spacial score (nSPS) is 15.2. The predicted octanol–water partition coefficient (Wildman–Crippen LogP) is 5.23. The SMILES string of the molecule is CCOC(=O)c1c(NC(=O)c2ccc(O[C@@H](C)C(=O)N/N=C\c3cccc(OC)c3)cc2)sc2c1CC[C@H](C)C2. The Morgan fingerprint density at radius 1 is 1.15 bits per heavy atom. The Bertz CT molecular complexity index is 1400. The maximum Gasteiger partial charge on any atom is 0.341 e. The zero-order chi connectivity index (χ0) is 28.6. The summed E-state index contributed by atoms with van der Waals surface area (Å²) in [4.78, 5) is 39.3. The molecule has 1 aromatic heterocycles. The van der Waals surface area contributed by atoms with Gasteiger partial charge in [0, 0.05) is 10.4 Å². The highest BCUT2D eigenvalue weighted by Crippen LogP contribution is 2.40. The first kappa shape index (κ1) is 28.8. The summed E-state index contributed by atoms with van der Waals surface area (Å²) in [5, 5.41) is 7.40. The third-order valence-electron chi connectivity index (χ3n) is 6.50. The lowest BCUT2D eigenvalue weighted by molar-refractivity contribution is -0.127. The molecule has 9 nitrogen and oxygen atoms in total. The molecule has 2 atom stereocenters. The van der Waals surface area contributed by atoms with Crippen molar-refractivity contribution in [2.75, 3.05) is 19.0 Å². The maximum atomic E-state index is 13.1. The van der Waals surface area contributed by atoms with E-state index in [0.717, 1.165) is 35.3 Å². The lowest BCUT2D eigenvalue weighted by Crippen LogP contribution is -2.33. The van der Waals surface area contributed by atoms with Crippen LogP contribution in [0.4, 0.5) is 5.00 Å². The fraction of sp³-hybridized carbons (Fsp3) is 0.333. The highest BCUT2D eigenvalue weighted by Gasteiger charge is 2.29. The zero-order valence-electron chi connectivity index (χ0n) is 23.0. The maximum absolute atomic E-state index is 13.1. The number of nitrogens with zero attached hydrogens (tertiary/aromatic N) is 1. The van der Waals surface area contributed by atoms with Crippen molar-refractivity contribution in [1.82, 2.24) is 5.43 Å². The second-order valence-corrected chi connectivity index (χ2v) is 10.6. The summed E-state index contributed by atoms with van der Waals surface area (Å²) in [5.74, 6) is 0.455. The summed E-state index contributed by atoms with van der Waals surface area (Å²) < 4.78 is 16.2. The van der Waals surface area contributed by atoms with Crippen LogP contribution in [-0.2, 0) is 22.4 Å². The topological polar surface area (TPSA) is 115 Å². The lowest BCUT2D eigenvalue weighted by atomic mass is 9.88. The first-order chi connectivity index (χ1) is 19.3. The number of thiophene rings is 1. The molecule has 0 unspecified atom stereocenters. The Balaban J connectivity index is 1.37. The summed E-state index contributed by atoms with van der Waals surface area (Å²) >= 11 is 1.44. The molecule has 1 heterocycles. The van der Waals surface area contributed by atoms with Crippen molar-refractivity contribution in [3.63, 3.8) is 0 Å². The smallest absolute Gasteiger partial charge is 0.341 e. The number of anilines is 1. The first-order valence-corrected chi connectivity index (χ1v) is 14.0. The molecule has 0 saturated heterocycles. The molecule has 0 bridgehead atoms. The zero-order valence-corrected chi connectivity index (χ0v) is 23.8. The van der Waals surface area contributed by atoms with Gasteiger partial charge in [-0.3, -0.25) is 9.59 Å². The van der Waals surface area contributed by atoms with Gasteiger partial charge in [-0.1, -0.05) is 19.1 Å². The molecule has 2 N–H and O–H groups in total. The van der Waals surface area contributed by atoms with E-state index in [-0.39, 0.29) is 12.5 Å². The number of hydrogen-bond acceptors (Lipinski definition) is 8. The highest BCUT2D eigenvalue weighted by molar-refractivity contribution is 7.17. The van der Waals surface area contributed by atoms with Crippen molar-refractivity contribution >= 4 is 40.3 Å². The Hall–Kier alpha value is -4.18. The van der Waals surface area contributed by atoms with E-state index in [1.807, 2.05) is 18.2 Å². The van der Waals surface area contributed by atoms with Gasteiger partial charge in [-0.15, -0.1) is 11.3 Å². The highest BCUT2D eigenvalue weighted by atomic mass is 32.1. The minimum atomic E-state index is -0.825. The van der Waals surface area contributed by atoms with Gasteiger partial charge >= 0.3 is 5.97 Å². The van der Waals surface area contributed by atoms with Gasteiger partial charge in [0.25, 0.3) is 11.8 Å². The van der Waals surface area contributed by atoms with Gasteiger partial charge in [-0.25, -0.2) is 10.2 Å². The first-order valence-electron chi connectivity index (χ1n) is 13.2. The Morgan fingerprint density at radius 3 is 2.65 bits per heavy atom. The van der Waals surface area contributed by atoms with Crippen LogP contribution in [0.15, 0.2) is 53.6 Å². The van der Waals surface area contributed by atoms with E-state index in [4.69, 9.17) is 14.2 Å². The molecule has 1 aliphatic rings.